The first-order valence-corrected chi connectivity index (χ1v) is 7.04. The third-order valence-electron chi connectivity index (χ3n) is 3.15. The topological polar surface area (TPSA) is 34.4 Å². The summed E-state index contributed by atoms with van der Waals surface area (Å²) in [7, 11) is 1.67. The number of hydrogen-bond acceptors (Lipinski definition) is 3. The van der Waals surface area contributed by atoms with E-state index in [9.17, 15) is 0 Å². The number of furan rings is 1. The zero-order chi connectivity index (χ0) is 13.8. The molecule has 1 aromatic carbocycles. The predicted molar refractivity (Wildman–Crippen MR) is 79.4 cm³/mol. The minimum Gasteiger partial charge on any atom is -0.496 e. The van der Waals surface area contributed by atoms with Crippen molar-refractivity contribution in [2.24, 2.45) is 0 Å². The lowest BCUT2D eigenvalue weighted by Crippen LogP contribution is -2.22. The molecule has 1 aromatic heterocycles. The Balaban J connectivity index is 2.07. The molecule has 1 N–H and O–H groups in total. The van der Waals surface area contributed by atoms with E-state index < -0.39 is 0 Å². The quantitative estimate of drug-likeness (QED) is 0.881. The van der Waals surface area contributed by atoms with Gasteiger partial charge in [-0.2, -0.15) is 0 Å². The zero-order valence-electron chi connectivity index (χ0n) is 11.3. The predicted octanol–water partition coefficient (Wildman–Crippen LogP) is 4.46. The van der Waals surface area contributed by atoms with Crippen LogP contribution in [0, 0.1) is 0 Å². The summed E-state index contributed by atoms with van der Waals surface area (Å²) >= 11 is 3.51. The van der Waals surface area contributed by atoms with Gasteiger partial charge in [0.15, 0.2) is 0 Å². The smallest absolute Gasteiger partial charge is 0.133 e. The van der Waals surface area contributed by atoms with Crippen LogP contribution in [0.5, 0.6) is 5.75 Å². The number of halogens is 1. The third kappa shape index (κ3) is 3.39. The van der Waals surface area contributed by atoms with E-state index in [-0.39, 0.29) is 12.1 Å². The fourth-order valence-corrected chi connectivity index (χ4v) is 2.60. The van der Waals surface area contributed by atoms with E-state index in [1.807, 2.05) is 18.2 Å². The summed E-state index contributed by atoms with van der Waals surface area (Å²) in [4.78, 5) is 0. The number of methoxy groups -OCH3 is 1. The minimum absolute atomic E-state index is 0.172. The first-order valence-electron chi connectivity index (χ1n) is 6.24. The van der Waals surface area contributed by atoms with Gasteiger partial charge in [-0.05, 0) is 59.6 Å². The lowest BCUT2D eigenvalue weighted by atomic mass is 10.1. The molecular weight excluding hydrogens is 306 g/mol. The number of hydrogen-bond donors (Lipinski definition) is 1. The van der Waals surface area contributed by atoms with Crippen molar-refractivity contribution in [1.82, 2.24) is 5.32 Å². The maximum Gasteiger partial charge on any atom is 0.133 e. The third-order valence-corrected chi connectivity index (χ3v) is 3.77. The maximum absolute atomic E-state index is 5.40. The fourth-order valence-electron chi connectivity index (χ4n) is 2.04. The molecule has 0 radical (unpaired) electrons. The molecule has 2 rings (SSSR count). The molecule has 2 atom stereocenters. The molecule has 0 aliphatic heterocycles. The summed E-state index contributed by atoms with van der Waals surface area (Å²) in [6.07, 6.45) is 1.70. The number of rotatable bonds is 5. The molecule has 0 bridgehead atoms. The standard InChI is InChI=1S/C15H18BrNO2/c1-10(17-11(2)14-5-4-8-19-14)12-6-7-15(18-3)13(16)9-12/h4-11,17H,1-3H3. The summed E-state index contributed by atoms with van der Waals surface area (Å²) in [6.45, 7) is 4.22. The molecule has 2 unspecified atom stereocenters. The van der Waals surface area contributed by atoms with Crippen LogP contribution in [0.4, 0.5) is 0 Å². The monoisotopic (exact) mass is 323 g/mol. The largest absolute Gasteiger partial charge is 0.496 e. The Morgan fingerprint density at radius 1 is 1.21 bits per heavy atom. The molecule has 102 valence electrons. The molecule has 3 nitrogen and oxygen atoms in total. The van der Waals surface area contributed by atoms with Crippen LogP contribution in [0.1, 0.15) is 37.3 Å². The fraction of sp³-hybridized carbons (Fsp3) is 0.333. The number of benzene rings is 1. The van der Waals surface area contributed by atoms with Gasteiger partial charge in [0.05, 0.1) is 23.9 Å². The van der Waals surface area contributed by atoms with Crippen LogP contribution >= 0.6 is 15.9 Å². The second kappa shape index (κ2) is 6.26. The van der Waals surface area contributed by atoms with Crippen LogP contribution in [0.25, 0.3) is 0 Å². The minimum atomic E-state index is 0.172. The highest BCUT2D eigenvalue weighted by molar-refractivity contribution is 9.10. The van der Waals surface area contributed by atoms with E-state index >= 15 is 0 Å². The van der Waals surface area contributed by atoms with Gasteiger partial charge in [-0.25, -0.2) is 0 Å². The lowest BCUT2D eigenvalue weighted by molar-refractivity contribution is 0.400. The molecule has 4 heteroatoms. The summed E-state index contributed by atoms with van der Waals surface area (Å²) in [5.74, 6) is 1.79. The van der Waals surface area contributed by atoms with Crippen molar-refractivity contribution < 1.29 is 9.15 Å². The van der Waals surface area contributed by atoms with Crippen LogP contribution in [0.2, 0.25) is 0 Å². The van der Waals surface area contributed by atoms with Crippen LogP contribution in [-0.2, 0) is 0 Å². The second-order valence-electron chi connectivity index (χ2n) is 4.52. The molecule has 0 fully saturated rings. The Bertz CT molecular complexity index is 525. The van der Waals surface area contributed by atoms with E-state index in [0.717, 1.165) is 16.0 Å². The molecule has 0 spiro atoms. The van der Waals surface area contributed by atoms with Gasteiger partial charge in [-0.15, -0.1) is 0 Å². The van der Waals surface area contributed by atoms with Gasteiger partial charge in [0.2, 0.25) is 0 Å². The maximum atomic E-state index is 5.40. The second-order valence-corrected chi connectivity index (χ2v) is 5.37. The van der Waals surface area contributed by atoms with E-state index in [0.29, 0.717) is 0 Å². The normalized spacial score (nSPS) is 14.1. The Kier molecular flexibility index (Phi) is 4.66. The molecule has 19 heavy (non-hydrogen) atoms. The van der Waals surface area contributed by atoms with Crippen LogP contribution in [-0.4, -0.2) is 7.11 Å². The van der Waals surface area contributed by atoms with Crippen LogP contribution < -0.4 is 10.1 Å². The Morgan fingerprint density at radius 2 is 2.00 bits per heavy atom. The van der Waals surface area contributed by atoms with E-state index in [2.05, 4.69) is 47.2 Å². The summed E-state index contributed by atoms with van der Waals surface area (Å²) in [5.41, 5.74) is 1.20. The number of nitrogens with one attached hydrogen (secondary N) is 1. The molecule has 2 aromatic rings. The molecule has 0 amide bonds. The Morgan fingerprint density at radius 3 is 2.58 bits per heavy atom. The average Bonchev–Trinajstić information content (AvgIpc) is 2.92. The first kappa shape index (κ1) is 14.2. The summed E-state index contributed by atoms with van der Waals surface area (Å²) < 4.78 is 11.6. The Labute approximate surface area is 122 Å². The van der Waals surface area contributed by atoms with Gasteiger partial charge in [-0.3, -0.25) is 0 Å². The highest BCUT2D eigenvalue weighted by atomic mass is 79.9. The van der Waals surface area contributed by atoms with Crippen molar-refractivity contribution in [1.29, 1.82) is 0 Å². The highest BCUT2D eigenvalue weighted by Crippen LogP contribution is 2.29. The van der Waals surface area contributed by atoms with E-state index in [1.54, 1.807) is 13.4 Å². The average molecular weight is 324 g/mol. The van der Waals surface area contributed by atoms with Crippen LogP contribution in [0.3, 0.4) is 0 Å². The zero-order valence-corrected chi connectivity index (χ0v) is 12.9. The van der Waals surface area contributed by atoms with Gasteiger partial charge >= 0.3 is 0 Å². The van der Waals surface area contributed by atoms with Crippen LogP contribution in [0.15, 0.2) is 45.5 Å². The van der Waals surface area contributed by atoms with Crippen molar-refractivity contribution in [2.45, 2.75) is 25.9 Å². The molecule has 0 saturated heterocycles. The molecular formula is C15H18BrNO2. The van der Waals surface area contributed by atoms with Gasteiger partial charge in [0.25, 0.3) is 0 Å². The van der Waals surface area contributed by atoms with Gasteiger partial charge in [-0.1, -0.05) is 6.07 Å². The Hall–Kier alpha value is -1.26. The SMILES string of the molecule is COc1ccc(C(C)NC(C)c2ccco2)cc1Br. The van der Waals surface area contributed by atoms with Crippen molar-refractivity contribution in [3.8, 4) is 5.75 Å². The van der Waals surface area contributed by atoms with Crippen molar-refractivity contribution in [2.75, 3.05) is 7.11 Å². The summed E-state index contributed by atoms with van der Waals surface area (Å²) in [6, 6.07) is 10.4. The molecule has 1 heterocycles. The number of ether oxygens (including phenoxy) is 1. The van der Waals surface area contributed by atoms with Crippen molar-refractivity contribution >= 4 is 15.9 Å². The first-order chi connectivity index (χ1) is 9.11. The van der Waals surface area contributed by atoms with Crippen molar-refractivity contribution in [3.63, 3.8) is 0 Å². The molecule has 0 saturated carbocycles. The van der Waals surface area contributed by atoms with E-state index in [1.165, 1.54) is 5.56 Å². The van der Waals surface area contributed by atoms with E-state index in [4.69, 9.17) is 9.15 Å². The van der Waals surface area contributed by atoms with Gasteiger partial charge in [0.1, 0.15) is 11.5 Å². The lowest BCUT2D eigenvalue weighted by Gasteiger charge is -2.19. The molecule has 0 aliphatic carbocycles. The summed E-state index contributed by atoms with van der Waals surface area (Å²) in [5, 5.41) is 3.51. The molecule has 0 aliphatic rings. The van der Waals surface area contributed by atoms with Gasteiger partial charge in [0, 0.05) is 6.04 Å². The highest BCUT2D eigenvalue weighted by Gasteiger charge is 2.14. The van der Waals surface area contributed by atoms with Gasteiger partial charge < -0.3 is 14.5 Å². The van der Waals surface area contributed by atoms with Crippen molar-refractivity contribution in [3.05, 3.63) is 52.4 Å².